The number of carbonyl (C=O) groups excluding carboxylic acids is 3. The van der Waals surface area contributed by atoms with Gasteiger partial charge in [-0.25, -0.2) is 4.39 Å². The summed E-state index contributed by atoms with van der Waals surface area (Å²) in [6.45, 7) is 2.32. The lowest BCUT2D eigenvalue weighted by Gasteiger charge is -2.08. The molecule has 2 aromatic carbocycles. The third kappa shape index (κ3) is 8.21. The normalized spacial score (nSPS) is 10.4. The molecule has 0 aliphatic rings. The van der Waals surface area contributed by atoms with Crippen LogP contribution >= 0.6 is 11.6 Å². The molecule has 0 bridgehead atoms. The zero-order valence-electron chi connectivity index (χ0n) is 16.7. The van der Waals surface area contributed by atoms with Gasteiger partial charge >= 0.3 is 5.97 Å². The molecule has 0 aromatic heterocycles. The van der Waals surface area contributed by atoms with E-state index in [-0.39, 0.29) is 42.6 Å². The van der Waals surface area contributed by atoms with E-state index in [1.807, 2.05) is 31.2 Å². The van der Waals surface area contributed by atoms with Gasteiger partial charge in [0.05, 0.1) is 23.6 Å². The summed E-state index contributed by atoms with van der Waals surface area (Å²) in [5.74, 6) is -1.67. The van der Waals surface area contributed by atoms with Gasteiger partial charge in [-0.15, -0.1) is 0 Å². The van der Waals surface area contributed by atoms with Crippen LogP contribution in [0, 0.1) is 12.7 Å². The van der Waals surface area contributed by atoms with E-state index in [9.17, 15) is 18.8 Å². The molecule has 30 heavy (non-hydrogen) atoms. The van der Waals surface area contributed by atoms with Crippen LogP contribution in [-0.4, -0.2) is 37.5 Å². The summed E-state index contributed by atoms with van der Waals surface area (Å²) in [5.41, 5.74) is 2.38. The summed E-state index contributed by atoms with van der Waals surface area (Å²) in [4.78, 5) is 35.5. The van der Waals surface area contributed by atoms with Crippen LogP contribution < -0.4 is 10.6 Å². The molecule has 160 valence electrons. The first-order valence-electron chi connectivity index (χ1n) is 9.56. The summed E-state index contributed by atoms with van der Waals surface area (Å²) in [6, 6.07) is 11.4. The van der Waals surface area contributed by atoms with Gasteiger partial charge in [0.25, 0.3) is 5.91 Å². The zero-order chi connectivity index (χ0) is 21.9. The van der Waals surface area contributed by atoms with Crippen LogP contribution in [0.3, 0.4) is 0 Å². The summed E-state index contributed by atoms with van der Waals surface area (Å²) >= 11 is 5.81. The predicted molar refractivity (Wildman–Crippen MR) is 112 cm³/mol. The highest BCUT2D eigenvalue weighted by Crippen LogP contribution is 2.16. The maximum Gasteiger partial charge on any atom is 0.307 e. The average molecular weight is 435 g/mol. The maximum absolute atomic E-state index is 13.0. The smallest absolute Gasteiger partial charge is 0.307 e. The number of benzene rings is 2. The molecule has 0 fully saturated rings. The minimum Gasteiger partial charge on any atom is -0.464 e. The van der Waals surface area contributed by atoms with Crippen molar-refractivity contribution < 1.29 is 23.5 Å². The van der Waals surface area contributed by atoms with Gasteiger partial charge in [-0.3, -0.25) is 14.4 Å². The first-order valence-corrected chi connectivity index (χ1v) is 9.94. The molecule has 0 saturated carbocycles. The maximum atomic E-state index is 13.0. The largest absolute Gasteiger partial charge is 0.464 e. The van der Waals surface area contributed by atoms with Gasteiger partial charge in [0.15, 0.2) is 0 Å². The van der Waals surface area contributed by atoms with E-state index < -0.39 is 17.7 Å². The predicted octanol–water partition coefficient (Wildman–Crippen LogP) is 3.20. The number of amides is 2. The molecule has 0 radical (unpaired) electrons. The number of nitrogens with one attached hydrogen (secondary N) is 2. The van der Waals surface area contributed by atoms with Gasteiger partial charge in [0.1, 0.15) is 12.4 Å². The number of hydrogen-bond donors (Lipinski definition) is 2. The number of esters is 1. The summed E-state index contributed by atoms with van der Waals surface area (Å²) < 4.78 is 18.0. The molecular weight excluding hydrogens is 411 g/mol. The third-order valence-corrected chi connectivity index (χ3v) is 4.55. The fraction of sp³-hybridized carbons (Fsp3) is 0.318. The zero-order valence-corrected chi connectivity index (χ0v) is 17.4. The van der Waals surface area contributed by atoms with E-state index in [1.165, 1.54) is 11.6 Å². The molecule has 0 aliphatic heterocycles. The number of rotatable bonds is 10. The highest BCUT2D eigenvalue weighted by molar-refractivity contribution is 6.33. The van der Waals surface area contributed by atoms with E-state index in [0.717, 1.165) is 17.7 Å². The van der Waals surface area contributed by atoms with Gasteiger partial charge in [-0.2, -0.15) is 0 Å². The second-order valence-electron chi connectivity index (χ2n) is 6.69. The van der Waals surface area contributed by atoms with E-state index in [2.05, 4.69) is 10.6 Å². The molecule has 8 heteroatoms. The van der Waals surface area contributed by atoms with Gasteiger partial charge < -0.3 is 15.4 Å². The lowest BCUT2D eigenvalue weighted by Crippen LogP contribution is -2.29. The molecule has 2 N–H and O–H groups in total. The molecule has 0 heterocycles. The van der Waals surface area contributed by atoms with Crippen molar-refractivity contribution in [2.24, 2.45) is 0 Å². The number of halogens is 2. The average Bonchev–Trinajstić information content (AvgIpc) is 2.70. The minimum absolute atomic E-state index is 0.00630. The van der Waals surface area contributed by atoms with Gasteiger partial charge in [0.2, 0.25) is 5.91 Å². The molecule has 2 aromatic rings. The fourth-order valence-corrected chi connectivity index (χ4v) is 2.83. The van der Waals surface area contributed by atoms with Crippen LogP contribution in [0.15, 0.2) is 42.5 Å². The van der Waals surface area contributed by atoms with Crippen LogP contribution in [0.2, 0.25) is 5.02 Å². The van der Waals surface area contributed by atoms with Crippen LogP contribution in [0.1, 0.15) is 34.3 Å². The highest BCUT2D eigenvalue weighted by atomic mass is 35.5. The van der Waals surface area contributed by atoms with Crippen LogP contribution in [0.5, 0.6) is 0 Å². The molecule has 0 saturated heterocycles. The van der Waals surface area contributed by atoms with Crippen LogP contribution in [-0.2, 0) is 20.7 Å². The van der Waals surface area contributed by atoms with Gasteiger partial charge in [0, 0.05) is 13.0 Å². The fourth-order valence-electron chi connectivity index (χ4n) is 2.58. The summed E-state index contributed by atoms with van der Waals surface area (Å²) in [7, 11) is 0. The molecule has 0 spiro atoms. The van der Waals surface area contributed by atoms with Gasteiger partial charge in [-0.1, -0.05) is 41.4 Å². The highest BCUT2D eigenvalue weighted by Gasteiger charge is 2.12. The topological polar surface area (TPSA) is 84.5 Å². The monoisotopic (exact) mass is 434 g/mol. The first kappa shape index (κ1) is 23.3. The van der Waals surface area contributed by atoms with Crippen LogP contribution in [0.4, 0.5) is 4.39 Å². The summed E-state index contributed by atoms with van der Waals surface area (Å²) in [6.07, 6.45) is 0.963. The van der Waals surface area contributed by atoms with Crippen molar-refractivity contribution in [1.82, 2.24) is 10.6 Å². The van der Waals surface area contributed by atoms with Crippen molar-refractivity contribution in [3.63, 3.8) is 0 Å². The molecule has 0 unspecified atom stereocenters. The number of ether oxygens (including phenoxy) is 1. The lowest BCUT2D eigenvalue weighted by atomic mass is 10.1. The Kier molecular flexibility index (Phi) is 9.28. The van der Waals surface area contributed by atoms with Crippen molar-refractivity contribution in [3.8, 4) is 0 Å². The Hall–Kier alpha value is -2.93. The molecule has 2 rings (SSSR count). The number of aryl methyl sites for hydroxylation is 2. The first-order chi connectivity index (χ1) is 14.3. The van der Waals surface area contributed by atoms with E-state index in [4.69, 9.17) is 16.3 Å². The van der Waals surface area contributed by atoms with Crippen molar-refractivity contribution in [2.45, 2.75) is 26.2 Å². The van der Waals surface area contributed by atoms with Crippen molar-refractivity contribution in [2.75, 3.05) is 19.7 Å². The molecular formula is C22H24ClFN2O4. The molecule has 0 aliphatic carbocycles. The number of hydrogen-bond acceptors (Lipinski definition) is 4. The van der Waals surface area contributed by atoms with Crippen molar-refractivity contribution in [1.29, 1.82) is 0 Å². The van der Waals surface area contributed by atoms with Gasteiger partial charge in [-0.05, 0) is 37.1 Å². The Labute approximate surface area is 179 Å². The molecule has 0 atom stereocenters. The molecule has 2 amide bonds. The quantitative estimate of drug-likeness (QED) is 0.444. The van der Waals surface area contributed by atoms with Crippen molar-refractivity contribution >= 4 is 29.4 Å². The second-order valence-corrected chi connectivity index (χ2v) is 7.09. The molecule has 6 nitrogen and oxygen atoms in total. The Morgan fingerprint density at radius 2 is 1.73 bits per heavy atom. The van der Waals surface area contributed by atoms with E-state index in [0.29, 0.717) is 12.8 Å². The Balaban J connectivity index is 1.55. The van der Waals surface area contributed by atoms with E-state index >= 15 is 0 Å². The standard InChI is InChI=1S/C22H24ClFN2O4/c1-15-2-4-16(5-3-15)6-9-20(27)25-12-13-30-21(28)10-11-26-22(29)18-8-7-17(24)14-19(18)23/h2-5,7-8,14H,6,9-13H2,1H3,(H,25,27)(H,26,29). The lowest BCUT2D eigenvalue weighted by molar-refractivity contribution is -0.143. The van der Waals surface area contributed by atoms with Crippen LogP contribution in [0.25, 0.3) is 0 Å². The van der Waals surface area contributed by atoms with E-state index in [1.54, 1.807) is 0 Å². The Bertz CT molecular complexity index is 887. The SMILES string of the molecule is Cc1ccc(CCC(=O)NCCOC(=O)CCNC(=O)c2ccc(F)cc2Cl)cc1. The Morgan fingerprint density at radius 3 is 2.43 bits per heavy atom. The second kappa shape index (κ2) is 11.9. The minimum atomic E-state index is -0.539. The number of carbonyl (C=O) groups is 3. The summed E-state index contributed by atoms with van der Waals surface area (Å²) in [5, 5.41) is 5.21. The van der Waals surface area contributed by atoms with Crippen molar-refractivity contribution in [3.05, 3.63) is 70.0 Å². The Morgan fingerprint density at radius 1 is 1.00 bits per heavy atom. The third-order valence-electron chi connectivity index (χ3n) is 4.24.